The maximum Gasteiger partial charge on any atom is 0.508 e. The highest BCUT2D eigenvalue weighted by molar-refractivity contribution is 5.72. The van der Waals surface area contributed by atoms with Gasteiger partial charge in [0, 0.05) is 12.5 Å². The van der Waals surface area contributed by atoms with Crippen molar-refractivity contribution in [3.05, 3.63) is 24.3 Å². The first-order valence-corrected chi connectivity index (χ1v) is 23.0. The number of rotatable bonds is 40. The molecule has 0 saturated heterocycles. The minimum atomic E-state index is -0.854. The van der Waals surface area contributed by atoms with Gasteiger partial charge in [0.15, 0.2) is 0 Å². The Morgan fingerprint density at radius 3 is 1.53 bits per heavy atom. The number of carboxylic acids is 1. The van der Waals surface area contributed by atoms with Crippen LogP contribution in [0.25, 0.3) is 0 Å². The first kappa shape index (κ1) is 52.6. The molecule has 1 N–H and O–H groups in total. The second-order valence-electron chi connectivity index (χ2n) is 15.7. The fraction of sp³-hybridized carbons (Fsp3) is 0.851. The summed E-state index contributed by atoms with van der Waals surface area (Å²) in [4.78, 5) is 40.6. The largest absolute Gasteiger partial charge is 0.508 e. The zero-order valence-electron chi connectivity index (χ0n) is 36.5. The standard InChI is InChI=1S/C47H87NO7/c1-6-11-14-17-19-20-21-22-23-24-25-27-30-33-36-44(45(49)50)39-42(41-55-47(52)53-38-37-48(9-4)10-5)40-54-46(51)43(34-31-28-16-13-8-3)35-32-29-26-18-15-12-7-2/h19-20,22-23,42-44H,6-18,21,24-41H2,1-5H3,(H,49,50)/b20-19-,23-22-. The molecule has 0 aromatic rings. The van der Waals surface area contributed by atoms with E-state index in [1.807, 2.05) is 0 Å². The molecule has 0 heterocycles. The number of hydrogen-bond donors (Lipinski definition) is 1. The van der Waals surface area contributed by atoms with E-state index >= 15 is 0 Å². The number of aliphatic carboxylic acids is 1. The van der Waals surface area contributed by atoms with Gasteiger partial charge in [0.2, 0.25) is 0 Å². The summed E-state index contributed by atoms with van der Waals surface area (Å²) in [6.07, 6.45) is 35.8. The number of carbonyl (C=O) groups excluding carboxylic acids is 2. The van der Waals surface area contributed by atoms with Gasteiger partial charge in [-0.05, 0) is 70.9 Å². The fourth-order valence-electron chi connectivity index (χ4n) is 7.02. The average Bonchev–Trinajstić information content (AvgIpc) is 3.18. The number of esters is 1. The molecule has 0 aliphatic carbocycles. The predicted molar refractivity (Wildman–Crippen MR) is 229 cm³/mol. The molecule has 0 aliphatic rings. The molecule has 3 unspecified atom stereocenters. The molecule has 0 radical (unpaired) electrons. The lowest BCUT2D eigenvalue weighted by Crippen LogP contribution is -2.30. The van der Waals surface area contributed by atoms with Crippen LogP contribution in [0.1, 0.15) is 202 Å². The van der Waals surface area contributed by atoms with Crippen molar-refractivity contribution < 1.29 is 33.7 Å². The molecule has 0 bridgehead atoms. The fourth-order valence-corrected chi connectivity index (χ4v) is 7.02. The zero-order chi connectivity index (χ0) is 40.6. The average molecular weight is 778 g/mol. The van der Waals surface area contributed by atoms with Crippen LogP contribution in [0.2, 0.25) is 0 Å². The van der Waals surface area contributed by atoms with Crippen LogP contribution in [-0.2, 0) is 23.8 Å². The number of nitrogens with zero attached hydrogens (tertiary/aromatic N) is 1. The Balaban J connectivity index is 5.21. The highest BCUT2D eigenvalue weighted by Crippen LogP contribution is 2.24. The molecule has 55 heavy (non-hydrogen) atoms. The maximum absolute atomic E-state index is 13.5. The zero-order valence-corrected chi connectivity index (χ0v) is 36.5. The lowest BCUT2D eigenvalue weighted by molar-refractivity contribution is -0.151. The molecule has 322 valence electrons. The summed E-state index contributed by atoms with van der Waals surface area (Å²) in [5, 5.41) is 10.2. The summed E-state index contributed by atoms with van der Waals surface area (Å²) in [6.45, 7) is 13.4. The third-order valence-corrected chi connectivity index (χ3v) is 10.8. The van der Waals surface area contributed by atoms with Gasteiger partial charge < -0.3 is 24.2 Å². The van der Waals surface area contributed by atoms with Gasteiger partial charge in [-0.3, -0.25) is 9.59 Å². The van der Waals surface area contributed by atoms with Crippen molar-refractivity contribution in [1.29, 1.82) is 0 Å². The Labute approximate surface area is 339 Å². The van der Waals surface area contributed by atoms with Crippen molar-refractivity contribution in [3.8, 4) is 0 Å². The Bertz CT molecular complexity index is 948. The van der Waals surface area contributed by atoms with Crippen molar-refractivity contribution >= 4 is 18.1 Å². The molecule has 8 nitrogen and oxygen atoms in total. The smallest absolute Gasteiger partial charge is 0.481 e. The Morgan fingerprint density at radius 1 is 0.545 bits per heavy atom. The molecule has 0 fully saturated rings. The molecule has 0 rings (SSSR count). The molecular weight excluding hydrogens is 691 g/mol. The van der Waals surface area contributed by atoms with E-state index in [2.05, 4.69) is 63.8 Å². The highest BCUT2D eigenvalue weighted by Gasteiger charge is 2.27. The van der Waals surface area contributed by atoms with Gasteiger partial charge in [-0.25, -0.2) is 4.79 Å². The summed E-state index contributed by atoms with van der Waals surface area (Å²) in [5.41, 5.74) is 0. The van der Waals surface area contributed by atoms with E-state index in [0.717, 1.165) is 90.1 Å². The molecule has 0 saturated carbocycles. The van der Waals surface area contributed by atoms with E-state index in [0.29, 0.717) is 13.0 Å². The van der Waals surface area contributed by atoms with Gasteiger partial charge in [-0.1, -0.05) is 168 Å². The Hall–Kier alpha value is -2.35. The van der Waals surface area contributed by atoms with Crippen LogP contribution >= 0.6 is 0 Å². The summed E-state index contributed by atoms with van der Waals surface area (Å²) >= 11 is 0. The van der Waals surface area contributed by atoms with Crippen molar-refractivity contribution in [2.24, 2.45) is 17.8 Å². The number of likely N-dealkylation sites (N-methyl/N-ethyl adjacent to an activating group) is 1. The first-order valence-electron chi connectivity index (χ1n) is 23.0. The van der Waals surface area contributed by atoms with E-state index in [4.69, 9.17) is 14.2 Å². The minimum Gasteiger partial charge on any atom is -0.481 e. The van der Waals surface area contributed by atoms with Crippen molar-refractivity contribution in [2.45, 2.75) is 202 Å². The van der Waals surface area contributed by atoms with Crippen LogP contribution < -0.4 is 0 Å². The second-order valence-corrected chi connectivity index (χ2v) is 15.7. The summed E-state index contributed by atoms with van der Waals surface area (Å²) < 4.78 is 16.8. The molecule has 0 amide bonds. The molecule has 0 aromatic carbocycles. The SMILES string of the molecule is CCCCC/C=C\C/C=C\CCCCCCC(CC(COC(=O)OCCN(CC)CC)COC(=O)C(CCCCCCC)CCCCCCCCC)C(=O)O. The van der Waals surface area contributed by atoms with E-state index in [1.165, 1.54) is 77.0 Å². The number of ether oxygens (including phenoxy) is 3. The Morgan fingerprint density at radius 2 is 1.00 bits per heavy atom. The van der Waals surface area contributed by atoms with Crippen molar-refractivity contribution in [1.82, 2.24) is 4.90 Å². The third-order valence-electron chi connectivity index (χ3n) is 10.8. The van der Waals surface area contributed by atoms with Crippen LogP contribution in [0.15, 0.2) is 24.3 Å². The molecule has 0 spiro atoms. The van der Waals surface area contributed by atoms with Gasteiger partial charge in [-0.2, -0.15) is 0 Å². The number of carbonyl (C=O) groups is 3. The quantitative estimate of drug-likeness (QED) is 0.0373. The molecule has 0 aromatic heterocycles. The third kappa shape index (κ3) is 33.5. The minimum absolute atomic E-state index is 0.0406. The van der Waals surface area contributed by atoms with Crippen LogP contribution in [0.4, 0.5) is 4.79 Å². The second kappa shape index (κ2) is 39.9. The van der Waals surface area contributed by atoms with Crippen LogP contribution in [0.5, 0.6) is 0 Å². The van der Waals surface area contributed by atoms with Gasteiger partial charge in [-0.15, -0.1) is 0 Å². The lowest BCUT2D eigenvalue weighted by Gasteiger charge is -2.23. The van der Waals surface area contributed by atoms with Crippen molar-refractivity contribution in [3.63, 3.8) is 0 Å². The van der Waals surface area contributed by atoms with Crippen LogP contribution in [-0.4, -0.2) is 67.6 Å². The summed E-state index contributed by atoms with van der Waals surface area (Å²) in [7, 11) is 0. The first-order chi connectivity index (χ1) is 26.8. The topological polar surface area (TPSA) is 102 Å². The molecule has 0 aliphatic heterocycles. The van der Waals surface area contributed by atoms with Crippen LogP contribution in [0.3, 0.4) is 0 Å². The van der Waals surface area contributed by atoms with E-state index < -0.39 is 24.0 Å². The molecule has 3 atom stereocenters. The molecule has 8 heteroatoms. The van der Waals surface area contributed by atoms with E-state index in [1.54, 1.807) is 0 Å². The van der Waals surface area contributed by atoms with E-state index in [-0.39, 0.29) is 38.1 Å². The lowest BCUT2D eigenvalue weighted by atomic mass is 9.90. The highest BCUT2D eigenvalue weighted by atomic mass is 16.7. The molecular formula is C47H87NO7. The Kier molecular flexibility index (Phi) is 38.2. The summed E-state index contributed by atoms with van der Waals surface area (Å²) in [6, 6.07) is 0. The van der Waals surface area contributed by atoms with Crippen LogP contribution in [0, 0.1) is 17.8 Å². The normalized spacial score (nSPS) is 13.4. The van der Waals surface area contributed by atoms with E-state index in [9.17, 15) is 19.5 Å². The number of unbranched alkanes of at least 4 members (excludes halogenated alkanes) is 17. The number of allylic oxidation sites excluding steroid dienone is 4. The van der Waals surface area contributed by atoms with Gasteiger partial charge in [0.25, 0.3) is 0 Å². The van der Waals surface area contributed by atoms with Crippen molar-refractivity contribution in [2.75, 3.05) is 39.5 Å². The number of carboxylic acid groups (broad SMARTS) is 1. The monoisotopic (exact) mass is 778 g/mol. The maximum atomic E-state index is 13.5. The van der Waals surface area contributed by atoms with Gasteiger partial charge >= 0.3 is 18.1 Å². The van der Waals surface area contributed by atoms with Gasteiger partial charge in [0.1, 0.15) is 13.2 Å². The predicted octanol–water partition coefficient (Wildman–Crippen LogP) is 13.3. The number of hydrogen-bond acceptors (Lipinski definition) is 7. The van der Waals surface area contributed by atoms with Gasteiger partial charge in [0.05, 0.1) is 18.4 Å². The summed E-state index contributed by atoms with van der Waals surface area (Å²) in [5.74, 6) is -2.22.